The Bertz CT molecular complexity index is 1260. The minimum absolute atomic E-state index is 0.0109. The molecule has 1 amide bonds. The number of pyridine rings is 1. The average Bonchev–Trinajstić information content (AvgIpc) is 2.80. The van der Waals surface area contributed by atoms with E-state index < -0.39 is 11.5 Å². The standard InChI is InChI=1S/C25H29N3O7/c1-14-20(24(31)32)22(26)21-18(27-14)6-5-7-19(21)35-13-25(2,3)28-23(30)15-10-16(33-4)12-17(11-15)34-9-8-29/h5-7,10-12,29H,8-9,13H2,1-4H3,(H2,26,27)(H,28,30)(H,31,32)/p-1. The number of methoxy groups -OCH3 is 1. The van der Waals surface area contributed by atoms with Crippen molar-refractivity contribution in [3.05, 3.63) is 53.2 Å². The fraction of sp³-hybridized carbons (Fsp3) is 0.320. The number of ether oxygens (including phenoxy) is 3. The van der Waals surface area contributed by atoms with Crippen molar-refractivity contribution in [2.75, 3.05) is 32.7 Å². The van der Waals surface area contributed by atoms with Gasteiger partial charge in [0.15, 0.2) is 0 Å². The number of carboxylic acid groups (broad SMARTS) is 1. The fourth-order valence-corrected chi connectivity index (χ4v) is 3.56. The highest BCUT2D eigenvalue weighted by molar-refractivity contribution is 6.06. The molecule has 10 nitrogen and oxygen atoms in total. The van der Waals surface area contributed by atoms with Crippen LogP contribution in [0.1, 0.15) is 40.3 Å². The van der Waals surface area contributed by atoms with Gasteiger partial charge in [-0.3, -0.25) is 9.78 Å². The van der Waals surface area contributed by atoms with Crippen molar-refractivity contribution in [1.82, 2.24) is 10.3 Å². The van der Waals surface area contributed by atoms with Crippen molar-refractivity contribution in [3.63, 3.8) is 0 Å². The van der Waals surface area contributed by atoms with E-state index in [-0.39, 0.29) is 42.7 Å². The number of fused-ring (bicyclic) bond motifs is 1. The summed E-state index contributed by atoms with van der Waals surface area (Å²) in [5, 5.41) is 23.8. The molecule has 1 heterocycles. The van der Waals surface area contributed by atoms with E-state index in [4.69, 9.17) is 25.1 Å². The number of aliphatic hydroxyl groups excluding tert-OH is 1. The lowest BCUT2D eigenvalue weighted by molar-refractivity contribution is -0.255. The Hall–Kier alpha value is -4.05. The number of aliphatic hydroxyl groups is 1. The van der Waals surface area contributed by atoms with Gasteiger partial charge in [0.2, 0.25) is 0 Å². The number of carbonyl (C=O) groups is 2. The number of aryl methyl sites for hydroxylation is 1. The molecular formula is C25H28N3O7-. The van der Waals surface area contributed by atoms with Crippen molar-refractivity contribution < 1.29 is 34.0 Å². The molecule has 0 aliphatic carbocycles. The molecule has 4 N–H and O–H groups in total. The summed E-state index contributed by atoms with van der Waals surface area (Å²) < 4.78 is 16.6. The van der Waals surface area contributed by atoms with E-state index >= 15 is 0 Å². The van der Waals surface area contributed by atoms with Gasteiger partial charge in [0, 0.05) is 22.9 Å². The molecule has 2 aromatic carbocycles. The maximum absolute atomic E-state index is 13.0. The summed E-state index contributed by atoms with van der Waals surface area (Å²) in [6.45, 7) is 5.06. The SMILES string of the molecule is COc1cc(OCCO)cc(C(=O)NC(C)(C)COc2cccc3nc(C)c(C(=O)[O-])c(N)c23)c1. The van der Waals surface area contributed by atoms with Gasteiger partial charge in [-0.05, 0) is 45.0 Å². The lowest BCUT2D eigenvalue weighted by Crippen LogP contribution is -2.47. The normalized spacial score (nSPS) is 11.2. The van der Waals surface area contributed by atoms with E-state index in [1.165, 1.54) is 7.11 Å². The number of nitrogens with zero attached hydrogens (tertiary/aromatic N) is 1. The average molecular weight is 483 g/mol. The van der Waals surface area contributed by atoms with Crippen LogP contribution in [0, 0.1) is 6.92 Å². The van der Waals surface area contributed by atoms with Gasteiger partial charge in [-0.15, -0.1) is 0 Å². The van der Waals surface area contributed by atoms with Gasteiger partial charge in [0.05, 0.1) is 41.8 Å². The zero-order valence-corrected chi connectivity index (χ0v) is 20.0. The Morgan fingerprint density at radius 1 is 1.17 bits per heavy atom. The van der Waals surface area contributed by atoms with Crippen LogP contribution in [0.5, 0.6) is 17.2 Å². The van der Waals surface area contributed by atoms with E-state index in [1.54, 1.807) is 57.2 Å². The van der Waals surface area contributed by atoms with Crippen LogP contribution in [0.4, 0.5) is 5.69 Å². The first-order valence-corrected chi connectivity index (χ1v) is 10.8. The molecular weight excluding hydrogens is 454 g/mol. The van der Waals surface area contributed by atoms with Crippen LogP contribution in [0.25, 0.3) is 10.9 Å². The van der Waals surface area contributed by atoms with Crippen molar-refractivity contribution in [2.24, 2.45) is 0 Å². The van der Waals surface area contributed by atoms with E-state index in [0.29, 0.717) is 33.7 Å². The first-order valence-electron chi connectivity index (χ1n) is 10.8. The number of amides is 1. The van der Waals surface area contributed by atoms with Crippen LogP contribution in [-0.4, -0.2) is 54.4 Å². The number of aromatic nitrogens is 1. The predicted octanol–water partition coefficient (Wildman–Crippen LogP) is 1.46. The molecule has 0 aliphatic rings. The Morgan fingerprint density at radius 3 is 2.54 bits per heavy atom. The van der Waals surface area contributed by atoms with Crippen molar-refractivity contribution >= 4 is 28.5 Å². The van der Waals surface area contributed by atoms with Gasteiger partial charge in [0.1, 0.15) is 30.5 Å². The van der Waals surface area contributed by atoms with E-state index in [2.05, 4.69) is 10.3 Å². The molecule has 3 rings (SSSR count). The highest BCUT2D eigenvalue weighted by atomic mass is 16.5. The molecule has 0 unspecified atom stereocenters. The molecule has 186 valence electrons. The maximum Gasteiger partial charge on any atom is 0.252 e. The van der Waals surface area contributed by atoms with Gasteiger partial charge >= 0.3 is 0 Å². The number of carboxylic acids is 1. The number of hydrogen-bond donors (Lipinski definition) is 3. The summed E-state index contributed by atoms with van der Waals surface area (Å²) in [5.41, 5.74) is 6.17. The molecule has 0 atom stereocenters. The maximum atomic E-state index is 13.0. The van der Waals surface area contributed by atoms with Crippen LogP contribution in [0.15, 0.2) is 36.4 Å². The number of carbonyl (C=O) groups excluding carboxylic acids is 2. The minimum Gasteiger partial charge on any atom is -0.545 e. The topological polar surface area (TPSA) is 156 Å². The molecule has 0 aliphatic heterocycles. The smallest absolute Gasteiger partial charge is 0.252 e. The molecule has 0 bridgehead atoms. The molecule has 0 saturated carbocycles. The van der Waals surface area contributed by atoms with Gasteiger partial charge in [-0.1, -0.05) is 6.07 Å². The molecule has 10 heteroatoms. The Kier molecular flexibility index (Phi) is 7.65. The summed E-state index contributed by atoms with van der Waals surface area (Å²) in [7, 11) is 1.47. The monoisotopic (exact) mass is 482 g/mol. The number of anilines is 1. The minimum atomic E-state index is -1.42. The second-order valence-electron chi connectivity index (χ2n) is 8.52. The number of nitrogens with two attached hydrogens (primary N) is 1. The Balaban J connectivity index is 1.81. The summed E-state index contributed by atoms with van der Waals surface area (Å²) in [5.74, 6) is -0.663. The largest absolute Gasteiger partial charge is 0.545 e. The Labute approximate surface area is 202 Å². The first-order chi connectivity index (χ1) is 16.6. The molecule has 3 aromatic rings. The predicted molar refractivity (Wildman–Crippen MR) is 128 cm³/mol. The molecule has 1 aromatic heterocycles. The number of nitrogen functional groups attached to an aromatic ring is 1. The van der Waals surface area contributed by atoms with Crippen LogP contribution >= 0.6 is 0 Å². The van der Waals surface area contributed by atoms with E-state index in [1.807, 2.05) is 0 Å². The highest BCUT2D eigenvalue weighted by Crippen LogP contribution is 2.33. The number of benzene rings is 2. The highest BCUT2D eigenvalue weighted by Gasteiger charge is 2.24. The number of aromatic carboxylic acids is 1. The van der Waals surface area contributed by atoms with Gasteiger partial charge in [-0.2, -0.15) is 0 Å². The molecule has 0 spiro atoms. The second-order valence-corrected chi connectivity index (χ2v) is 8.52. The molecule has 0 radical (unpaired) electrons. The van der Waals surface area contributed by atoms with E-state index in [0.717, 1.165) is 0 Å². The van der Waals surface area contributed by atoms with Crippen LogP contribution in [0.2, 0.25) is 0 Å². The number of hydrogen-bond acceptors (Lipinski definition) is 9. The second kappa shape index (κ2) is 10.5. The summed E-state index contributed by atoms with van der Waals surface area (Å²) >= 11 is 0. The molecule has 0 fully saturated rings. The van der Waals surface area contributed by atoms with Crippen molar-refractivity contribution in [3.8, 4) is 17.2 Å². The zero-order valence-electron chi connectivity index (χ0n) is 20.0. The van der Waals surface area contributed by atoms with Crippen molar-refractivity contribution in [2.45, 2.75) is 26.3 Å². The third kappa shape index (κ3) is 5.90. The van der Waals surface area contributed by atoms with E-state index in [9.17, 15) is 14.7 Å². The van der Waals surface area contributed by atoms with Crippen LogP contribution in [-0.2, 0) is 0 Å². The van der Waals surface area contributed by atoms with Crippen molar-refractivity contribution in [1.29, 1.82) is 0 Å². The summed E-state index contributed by atoms with van der Waals surface area (Å²) in [6.07, 6.45) is 0. The lowest BCUT2D eigenvalue weighted by atomic mass is 10.0. The summed E-state index contributed by atoms with van der Waals surface area (Å²) in [4.78, 5) is 28.8. The quantitative estimate of drug-likeness (QED) is 0.389. The van der Waals surface area contributed by atoms with Crippen LogP contribution < -0.4 is 30.4 Å². The third-order valence-corrected chi connectivity index (χ3v) is 5.18. The van der Waals surface area contributed by atoms with Crippen LogP contribution in [0.3, 0.4) is 0 Å². The molecule has 35 heavy (non-hydrogen) atoms. The molecule has 0 saturated heterocycles. The van der Waals surface area contributed by atoms with Gasteiger partial charge in [0.25, 0.3) is 5.91 Å². The van der Waals surface area contributed by atoms with Gasteiger partial charge < -0.3 is 40.3 Å². The zero-order chi connectivity index (χ0) is 25.8. The first kappa shape index (κ1) is 25.6. The summed E-state index contributed by atoms with van der Waals surface area (Å²) in [6, 6.07) is 9.81. The number of rotatable bonds is 10. The number of nitrogens with one attached hydrogen (secondary N) is 1. The fourth-order valence-electron chi connectivity index (χ4n) is 3.56. The third-order valence-electron chi connectivity index (χ3n) is 5.18. The van der Waals surface area contributed by atoms with Gasteiger partial charge in [-0.25, -0.2) is 0 Å². The Morgan fingerprint density at radius 2 is 1.89 bits per heavy atom. The lowest BCUT2D eigenvalue weighted by Gasteiger charge is -2.27.